The predicted octanol–water partition coefficient (Wildman–Crippen LogP) is 3.57. The number of hydrogen-bond donors (Lipinski definition) is 2. The molecule has 6 nitrogen and oxygen atoms in total. The predicted molar refractivity (Wildman–Crippen MR) is 91.7 cm³/mol. The van der Waals surface area contributed by atoms with Crippen LogP contribution in [0.3, 0.4) is 0 Å². The van der Waals surface area contributed by atoms with E-state index in [1.807, 2.05) is 6.92 Å². The van der Waals surface area contributed by atoms with Gasteiger partial charge in [0.1, 0.15) is 6.04 Å². The Bertz CT molecular complexity index is 831. The Morgan fingerprint density at radius 1 is 1.33 bits per heavy atom. The first-order valence-electron chi connectivity index (χ1n) is 8.41. The van der Waals surface area contributed by atoms with Gasteiger partial charge in [-0.1, -0.05) is 25.8 Å². The van der Waals surface area contributed by atoms with Gasteiger partial charge >= 0.3 is 12.1 Å². The zero-order valence-corrected chi connectivity index (χ0v) is 14.9. The molecule has 1 unspecified atom stereocenters. The van der Waals surface area contributed by atoms with Crippen LogP contribution in [0.2, 0.25) is 0 Å². The lowest BCUT2D eigenvalue weighted by molar-refractivity contribution is -0.139. The fraction of sp³-hybridized carbons (Fsp3) is 0.389. The summed E-state index contributed by atoms with van der Waals surface area (Å²) < 4.78 is 39.9. The maximum absolute atomic E-state index is 12.9. The number of aromatic nitrogens is 2. The van der Waals surface area contributed by atoms with Gasteiger partial charge < -0.3 is 10.4 Å². The molecule has 0 aliphatic rings. The third-order valence-electron chi connectivity index (χ3n) is 4.12. The van der Waals surface area contributed by atoms with E-state index in [0.29, 0.717) is 18.5 Å². The summed E-state index contributed by atoms with van der Waals surface area (Å²) in [5, 5.41) is 15.6. The number of amides is 1. The molecule has 1 atom stereocenters. The van der Waals surface area contributed by atoms with Crippen molar-refractivity contribution in [1.82, 2.24) is 15.1 Å². The SMILES string of the molecule is CCCCC(NC(=O)c1cnn(-c2cccc(C(F)(F)F)c2)c1C)C(=O)O. The van der Waals surface area contributed by atoms with Gasteiger partial charge in [0.2, 0.25) is 0 Å². The van der Waals surface area contributed by atoms with Crippen LogP contribution in [0.4, 0.5) is 13.2 Å². The minimum atomic E-state index is -4.49. The Morgan fingerprint density at radius 2 is 2.04 bits per heavy atom. The highest BCUT2D eigenvalue weighted by molar-refractivity contribution is 5.97. The summed E-state index contributed by atoms with van der Waals surface area (Å²) in [7, 11) is 0. The molecule has 0 saturated heterocycles. The number of rotatable bonds is 7. The second-order valence-electron chi connectivity index (χ2n) is 6.11. The summed E-state index contributed by atoms with van der Waals surface area (Å²) in [4.78, 5) is 23.7. The van der Waals surface area contributed by atoms with Crippen molar-refractivity contribution in [2.45, 2.75) is 45.3 Å². The van der Waals surface area contributed by atoms with E-state index in [1.54, 1.807) is 0 Å². The molecule has 0 fully saturated rings. The van der Waals surface area contributed by atoms with Crippen molar-refractivity contribution in [2.24, 2.45) is 0 Å². The van der Waals surface area contributed by atoms with Gasteiger partial charge in [0.25, 0.3) is 5.91 Å². The topological polar surface area (TPSA) is 84.2 Å². The van der Waals surface area contributed by atoms with Crippen molar-refractivity contribution in [3.05, 3.63) is 47.3 Å². The molecule has 9 heteroatoms. The number of halogens is 3. The van der Waals surface area contributed by atoms with Crippen molar-refractivity contribution in [3.63, 3.8) is 0 Å². The Kier molecular flexibility index (Phi) is 6.24. The van der Waals surface area contributed by atoms with Gasteiger partial charge in [-0.15, -0.1) is 0 Å². The van der Waals surface area contributed by atoms with Gasteiger partial charge in [-0.3, -0.25) is 4.79 Å². The van der Waals surface area contributed by atoms with E-state index in [2.05, 4.69) is 10.4 Å². The average molecular weight is 383 g/mol. The molecule has 1 aromatic heterocycles. The molecule has 0 aliphatic heterocycles. The lowest BCUT2D eigenvalue weighted by Gasteiger charge is -2.14. The monoisotopic (exact) mass is 383 g/mol. The Morgan fingerprint density at radius 3 is 2.63 bits per heavy atom. The summed E-state index contributed by atoms with van der Waals surface area (Å²) in [6, 6.07) is 3.54. The normalized spacial score (nSPS) is 12.6. The van der Waals surface area contributed by atoms with Crippen molar-refractivity contribution >= 4 is 11.9 Å². The number of aliphatic carboxylic acids is 1. The minimum Gasteiger partial charge on any atom is -0.480 e. The van der Waals surface area contributed by atoms with E-state index in [-0.39, 0.29) is 11.3 Å². The quantitative estimate of drug-likeness (QED) is 0.766. The molecule has 0 aliphatic carbocycles. The number of carboxylic acid groups (broad SMARTS) is 1. The van der Waals surface area contributed by atoms with Crippen molar-refractivity contribution in [1.29, 1.82) is 0 Å². The van der Waals surface area contributed by atoms with Gasteiger partial charge in [0.05, 0.1) is 28.7 Å². The van der Waals surface area contributed by atoms with Gasteiger partial charge in [-0.25, -0.2) is 9.48 Å². The number of nitrogens with one attached hydrogen (secondary N) is 1. The summed E-state index contributed by atoms with van der Waals surface area (Å²) in [5.74, 6) is -1.77. The van der Waals surface area contributed by atoms with Gasteiger partial charge in [-0.2, -0.15) is 18.3 Å². The summed E-state index contributed by atoms with van der Waals surface area (Å²) in [6.45, 7) is 3.44. The van der Waals surface area contributed by atoms with Crippen LogP contribution in [0, 0.1) is 6.92 Å². The maximum atomic E-state index is 12.9. The second kappa shape index (κ2) is 8.24. The van der Waals surface area contributed by atoms with Crippen molar-refractivity contribution in [2.75, 3.05) is 0 Å². The van der Waals surface area contributed by atoms with Gasteiger partial charge in [-0.05, 0) is 31.5 Å². The number of nitrogens with zero attached hydrogens (tertiary/aromatic N) is 2. The third kappa shape index (κ3) is 4.87. The minimum absolute atomic E-state index is 0.107. The first-order valence-corrected chi connectivity index (χ1v) is 8.41. The average Bonchev–Trinajstić information content (AvgIpc) is 2.99. The van der Waals surface area contributed by atoms with Crippen LogP contribution in [-0.2, 0) is 11.0 Å². The molecular formula is C18H20F3N3O3. The van der Waals surface area contributed by atoms with Crippen LogP contribution in [0.15, 0.2) is 30.5 Å². The van der Waals surface area contributed by atoms with E-state index in [1.165, 1.54) is 29.9 Å². The van der Waals surface area contributed by atoms with Crippen LogP contribution in [0.5, 0.6) is 0 Å². The number of carbonyl (C=O) groups excluding carboxylic acids is 1. The zero-order chi connectivity index (χ0) is 20.2. The lowest BCUT2D eigenvalue weighted by atomic mass is 10.1. The molecular weight excluding hydrogens is 363 g/mol. The standard InChI is InChI=1S/C18H20F3N3O3/c1-3-4-8-15(17(26)27)23-16(25)14-10-22-24(11(14)2)13-7-5-6-12(9-13)18(19,20)21/h5-7,9-10,15H,3-4,8H2,1-2H3,(H,23,25)(H,26,27). The molecule has 1 aromatic carbocycles. The van der Waals surface area contributed by atoms with Crippen molar-refractivity contribution < 1.29 is 27.9 Å². The molecule has 146 valence electrons. The number of unbranched alkanes of at least 4 members (excludes halogenated alkanes) is 1. The lowest BCUT2D eigenvalue weighted by Crippen LogP contribution is -2.40. The van der Waals surface area contributed by atoms with E-state index in [4.69, 9.17) is 0 Å². The first kappa shape index (κ1) is 20.5. The fourth-order valence-electron chi connectivity index (χ4n) is 2.61. The number of benzene rings is 1. The van der Waals surface area contributed by atoms with E-state index in [0.717, 1.165) is 18.6 Å². The van der Waals surface area contributed by atoms with Gasteiger partial charge in [0, 0.05) is 0 Å². The van der Waals surface area contributed by atoms with E-state index >= 15 is 0 Å². The van der Waals surface area contributed by atoms with Crippen molar-refractivity contribution in [3.8, 4) is 5.69 Å². The zero-order valence-electron chi connectivity index (χ0n) is 14.9. The molecule has 0 radical (unpaired) electrons. The molecule has 1 heterocycles. The highest BCUT2D eigenvalue weighted by Crippen LogP contribution is 2.30. The Balaban J connectivity index is 2.26. The molecule has 2 aromatic rings. The number of carbonyl (C=O) groups is 2. The third-order valence-corrected chi connectivity index (χ3v) is 4.12. The highest BCUT2D eigenvalue weighted by atomic mass is 19.4. The fourth-order valence-corrected chi connectivity index (χ4v) is 2.61. The van der Waals surface area contributed by atoms with Crippen LogP contribution >= 0.6 is 0 Å². The first-order chi connectivity index (χ1) is 12.6. The van der Waals surface area contributed by atoms with Crippen LogP contribution in [0.1, 0.15) is 47.8 Å². The Labute approximate surface area is 154 Å². The molecule has 27 heavy (non-hydrogen) atoms. The smallest absolute Gasteiger partial charge is 0.416 e. The molecule has 1 amide bonds. The van der Waals surface area contributed by atoms with Gasteiger partial charge in [0.15, 0.2) is 0 Å². The van der Waals surface area contributed by atoms with E-state index < -0.39 is 29.7 Å². The number of alkyl halides is 3. The van der Waals surface area contributed by atoms with Crippen LogP contribution in [-0.4, -0.2) is 32.8 Å². The molecule has 0 saturated carbocycles. The number of carboxylic acids is 1. The van der Waals surface area contributed by atoms with E-state index in [9.17, 15) is 27.9 Å². The summed E-state index contributed by atoms with van der Waals surface area (Å²) in [6.07, 6.45) is -1.57. The second-order valence-corrected chi connectivity index (χ2v) is 6.11. The van der Waals surface area contributed by atoms with Crippen LogP contribution < -0.4 is 5.32 Å². The molecule has 0 spiro atoms. The largest absolute Gasteiger partial charge is 0.480 e. The highest BCUT2D eigenvalue weighted by Gasteiger charge is 2.31. The Hall–Kier alpha value is -2.84. The number of hydrogen-bond acceptors (Lipinski definition) is 3. The summed E-state index contributed by atoms with van der Waals surface area (Å²) in [5.41, 5.74) is -0.254. The molecule has 0 bridgehead atoms. The molecule has 2 rings (SSSR count). The molecule has 2 N–H and O–H groups in total. The summed E-state index contributed by atoms with van der Waals surface area (Å²) >= 11 is 0. The van der Waals surface area contributed by atoms with Crippen LogP contribution in [0.25, 0.3) is 5.69 Å². The maximum Gasteiger partial charge on any atom is 0.416 e.